The number of rotatable bonds is 6. The zero-order valence-electron chi connectivity index (χ0n) is 18.2. The largest absolute Gasteiger partial charge is 0.398 e. The third-order valence-electron chi connectivity index (χ3n) is 5.50. The minimum absolute atomic E-state index is 0.275. The minimum atomic E-state index is -0.345. The number of imidazole rings is 1. The van der Waals surface area contributed by atoms with Crippen molar-refractivity contribution in [3.05, 3.63) is 76.9 Å². The van der Waals surface area contributed by atoms with Gasteiger partial charge in [0.15, 0.2) is 17.3 Å². The van der Waals surface area contributed by atoms with Gasteiger partial charge >= 0.3 is 0 Å². The maximum atomic E-state index is 13.6. The molecule has 5 aromatic rings. The summed E-state index contributed by atoms with van der Waals surface area (Å²) in [6, 6.07) is 12.7. The highest BCUT2D eigenvalue weighted by Gasteiger charge is 2.22. The van der Waals surface area contributed by atoms with Crippen LogP contribution in [0.15, 0.2) is 59.9 Å². The Balaban J connectivity index is 1.66. The zero-order chi connectivity index (χ0) is 22.9. The Kier molecular flexibility index (Phi) is 5.09. The number of aryl methyl sites for hydroxylation is 1. The van der Waals surface area contributed by atoms with E-state index in [4.69, 9.17) is 10.7 Å². The first-order valence-corrected chi connectivity index (χ1v) is 10.6. The van der Waals surface area contributed by atoms with Crippen LogP contribution < -0.4 is 22.0 Å². The molecule has 33 heavy (non-hydrogen) atoms. The number of nitrogens with two attached hydrogens (primary N) is 1. The van der Waals surface area contributed by atoms with E-state index in [1.54, 1.807) is 24.5 Å². The van der Waals surface area contributed by atoms with E-state index in [0.29, 0.717) is 45.8 Å². The van der Waals surface area contributed by atoms with Crippen LogP contribution in [-0.4, -0.2) is 29.6 Å². The smallest absolute Gasteiger partial charge is 0.282 e. The molecule has 10 heteroatoms. The Hall–Kier alpha value is -4.47. The molecule has 2 aromatic carbocycles. The zero-order valence-corrected chi connectivity index (χ0v) is 18.2. The van der Waals surface area contributed by atoms with Crippen molar-refractivity contribution in [2.45, 2.75) is 26.3 Å². The summed E-state index contributed by atoms with van der Waals surface area (Å²) in [7, 11) is 0. The van der Waals surface area contributed by atoms with Crippen LogP contribution in [0.25, 0.3) is 22.1 Å². The summed E-state index contributed by atoms with van der Waals surface area (Å²) in [6.07, 6.45) is 3.65. The minimum Gasteiger partial charge on any atom is -0.398 e. The van der Waals surface area contributed by atoms with E-state index in [-0.39, 0.29) is 11.6 Å². The predicted molar refractivity (Wildman–Crippen MR) is 129 cm³/mol. The van der Waals surface area contributed by atoms with Crippen molar-refractivity contribution in [3.63, 3.8) is 0 Å². The van der Waals surface area contributed by atoms with Crippen LogP contribution in [-0.2, 0) is 0 Å². The van der Waals surface area contributed by atoms with Crippen LogP contribution in [0.3, 0.4) is 0 Å². The summed E-state index contributed by atoms with van der Waals surface area (Å²) >= 11 is 0. The van der Waals surface area contributed by atoms with Crippen molar-refractivity contribution in [3.8, 4) is 0 Å². The molecule has 0 aliphatic carbocycles. The second-order valence-corrected chi connectivity index (χ2v) is 7.76. The molecule has 0 radical (unpaired) electrons. The van der Waals surface area contributed by atoms with Crippen LogP contribution in [0.5, 0.6) is 0 Å². The summed E-state index contributed by atoms with van der Waals surface area (Å²) in [4.78, 5) is 34.2. The van der Waals surface area contributed by atoms with Gasteiger partial charge in [0.05, 0.1) is 29.0 Å². The van der Waals surface area contributed by atoms with E-state index >= 15 is 0 Å². The fraction of sp³-hybridized carbons (Fsp3) is 0.174. The van der Waals surface area contributed by atoms with Crippen molar-refractivity contribution in [1.82, 2.24) is 29.6 Å². The number of aromatic nitrogens is 6. The first-order valence-electron chi connectivity index (χ1n) is 10.6. The van der Waals surface area contributed by atoms with Gasteiger partial charge in [0.1, 0.15) is 11.8 Å². The Labute approximate surface area is 188 Å². The molecule has 5 rings (SSSR count). The van der Waals surface area contributed by atoms with E-state index in [1.807, 2.05) is 38.1 Å². The third kappa shape index (κ3) is 3.71. The van der Waals surface area contributed by atoms with Crippen molar-refractivity contribution in [1.29, 1.82) is 0 Å². The number of aromatic amines is 1. The summed E-state index contributed by atoms with van der Waals surface area (Å²) in [6.45, 7) is 4.02. The van der Waals surface area contributed by atoms with Gasteiger partial charge in [-0.3, -0.25) is 10.2 Å². The lowest BCUT2D eigenvalue weighted by molar-refractivity contribution is 0.641. The quantitative estimate of drug-likeness (QED) is 0.294. The Bertz CT molecular complexity index is 1500. The number of benzene rings is 2. The maximum Gasteiger partial charge on any atom is 0.282 e. The van der Waals surface area contributed by atoms with Crippen LogP contribution >= 0.6 is 0 Å². The molecule has 0 amide bonds. The van der Waals surface area contributed by atoms with Gasteiger partial charge in [0.2, 0.25) is 0 Å². The van der Waals surface area contributed by atoms with E-state index in [1.165, 1.54) is 11.0 Å². The molecule has 1 atom stereocenters. The molecule has 0 aliphatic rings. The highest BCUT2D eigenvalue weighted by Crippen LogP contribution is 2.25. The first kappa shape index (κ1) is 20.4. The average molecular weight is 441 g/mol. The molecule has 0 aliphatic heterocycles. The van der Waals surface area contributed by atoms with Gasteiger partial charge in [-0.15, -0.1) is 0 Å². The van der Waals surface area contributed by atoms with E-state index < -0.39 is 0 Å². The van der Waals surface area contributed by atoms with Gasteiger partial charge in [0, 0.05) is 5.69 Å². The Morgan fingerprint density at radius 2 is 1.94 bits per heavy atom. The highest BCUT2D eigenvalue weighted by molar-refractivity contribution is 5.89. The van der Waals surface area contributed by atoms with Gasteiger partial charge in [-0.05, 0) is 37.6 Å². The highest BCUT2D eigenvalue weighted by atomic mass is 16.1. The van der Waals surface area contributed by atoms with Gasteiger partial charge in [-0.2, -0.15) is 0 Å². The van der Waals surface area contributed by atoms with Gasteiger partial charge in [-0.25, -0.2) is 24.6 Å². The normalized spacial score (nSPS) is 12.2. The molecule has 5 N–H and O–H groups in total. The van der Waals surface area contributed by atoms with Crippen LogP contribution in [0, 0.1) is 6.92 Å². The fourth-order valence-corrected chi connectivity index (χ4v) is 3.76. The number of nitrogens with zero attached hydrogens (tertiary/aromatic N) is 5. The lowest BCUT2D eigenvalue weighted by atomic mass is 10.1. The monoisotopic (exact) mass is 441 g/mol. The molecule has 3 aromatic heterocycles. The molecule has 0 saturated carbocycles. The maximum absolute atomic E-state index is 13.6. The van der Waals surface area contributed by atoms with Crippen molar-refractivity contribution >= 4 is 39.3 Å². The van der Waals surface area contributed by atoms with E-state index in [0.717, 1.165) is 11.3 Å². The molecule has 166 valence electrons. The molecule has 0 bridgehead atoms. The average Bonchev–Trinajstić information content (AvgIpc) is 3.30. The SMILES string of the molecule is CCC(Nc1ncnc2nc[nH]c12)c1nc2cccc(N)c2c(=O)n1Nc1ccc(C)cc1. The molecule has 1 unspecified atom stereocenters. The number of fused-ring (bicyclic) bond motifs is 2. The number of nitrogens with one attached hydrogen (secondary N) is 3. The first-order chi connectivity index (χ1) is 16.0. The second-order valence-electron chi connectivity index (χ2n) is 7.76. The number of H-pyrrole nitrogens is 1. The van der Waals surface area contributed by atoms with E-state index in [2.05, 4.69) is 30.7 Å². The molecule has 0 spiro atoms. The Morgan fingerprint density at radius 3 is 2.73 bits per heavy atom. The summed E-state index contributed by atoms with van der Waals surface area (Å²) in [5.74, 6) is 1.08. The summed E-state index contributed by atoms with van der Waals surface area (Å²) in [5.41, 5.74) is 13.1. The topological polar surface area (TPSA) is 139 Å². The molecular weight excluding hydrogens is 418 g/mol. The second kappa shape index (κ2) is 8.23. The van der Waals surface area contributed by atoms with Crippen LogP contribution in [0.1, 0.15) is 30.8 Å². The van der Waals surface area contributed by atoms with Crippen LogP contribution in [0.2, 0.25) is 0 Å². The number of hydrogen-bond donors (Lipinski definition) is 4. The van der Waals surface area contributed by atoms with E-state index in [9.17, 15) is 4.79 Å². The lowest BCUT2D eigenvalue weighted by Crippen LogP contribution is -2.34. The number of anilines is 3. The summed E-state index contributed by atoms with van der Waals surface area (Å²) in [5, 5.41) is 3.77. The molecule has 10 nitrogen and oxygen atoms in total. The predicted octanol–water partition coefficient (Wildman–Crippen LogP) is 3.39. The van der Waals surface area contributed by atoms with Crippen LogP contribution in [0.4, 0.5) is 17.2 Å². The fourth-order valence-electron chi connectivity index (χ4n) is 3.76. The van der Waals surface area contributed by atoms with Crippen molar-refractivity contribution < 1.29 is 0 Å². The molecule has 0 saturated heterocycles. The molecular formula is C23H23N9O. The molecule has 0 fully saturated rings. The van der Waals surface area contributed by atoms with Crippen molar-refractivity contribution in [2.24, 2.45) is 0 Å². The van der Waals surface area contributed by atoms with Gasteiger partial charge < -0.3 is 16.0 Å². The molecule has 3 heterocycles. The number of hydrogen-bond acceptors (Lipinski definition) is 8. The lowest BCUT2D eigenvalue weighted by Gasteiger charge is -2.23. The Morgan fingerprint density at radius 1 is 1.12 bits per heavy atom. The van der Waals surface area contributed by atoms with Crippen molar-refractivity contribution in [2.75, 3.05) is 16.5 Å². The van der Waals surface area contributed by atoms with Gasteiger partial charge in [0.25, 0.3) is 5.56 Å². The van der Waals surface area contributed by atoms with Gasteiger partial charge in [-0.1, -0.05) is 30.7 Å². The standard InChI is InChI=1S/C23H23N9O/c1-3-16(29-21-19-20(26-11-25-19)27-12-28-21)22-30-17-6-4-5-15(24)18(17)23(33)32(22)31-14-9-7-13(2)8-10-14/h4-12,16,31H,3,24H2,1-2H3,(H2,25,26,27,28,29). The summed E-state index contributed by atoms with van der Waals surface area (Å²) < 4.78 is 1.45. The third-order valence-corrected chi connectivity index (χ3v) is 5.50. The number of nitrogen functional groups attached to an aromatic ring is 1.